The lowest BCUT2D eigenvalue weighted by Crippen LogP contribution is -2.35. The molecule has 1 aromatic heterocycles. The smallest absolute Gasteiger partial charge is 0.255 e. The van der Waals surface area contributed by atoms with E-state index in [2.05, 4.69) is 33.2 Å². The summed E-state index contributed by atoms with van der Waals surface area (Å²) in [5, 5.41) is 4.24. The van der Waals surface area contributed by atoms with Crippen LogP contribution in [0.15, 0.2) is 42.7 Å². The summed E-state index contributed by atoms with van der Waals surface area (Å²) in [4.78, 5) is 26.4. The zero-order chi connectivity index (χ0) is 24.9. The highest BCUT2D eigenvalue weighted by Gasteiger charge is 2.22. The normalized spacial score (nSPS) is 17.4. The van der Waals surface area contributed by atoms with Gasteiger partial charge in [0.2, 0.25) is 0 Å². The number of likely N-dealkylation sites (tertiary alicyclic amines) is 2. The third-order valence-corrected chi connectivity index (χ3v) is 7.15. The molecule has 2 aliphatic rings. The van der Waals surface area contributed by atoms with Crippen molar-refractivity contribution in [3.8, 4) is 18.1 Å². The van der Waals surface area contributed by atoms with Crippen molar-refractivity contribution in [2.45, 2.75) is 44.6 Å². The van der Waals surface area contributed by atoms with Crippen molar-refractivity contribution in [2.75, 3.05) is 38.5 Å². The lowest BCUT2D eigenvalue weighted by atomic mass is 10.1. The SMILES string of the molecule is C#Cc1cc(Nc2ncnc3cccc(OC4CCN(C)CC4)c23)ccc1C(=O)N1CCCCCC1. The molecular weight excluding hydrogens is 450 g/mol. The Morgan fingerprint density at radius 1 is 1.06 bits per heavy atom. The van der Waals surface area contributed by atoms with E-state index in [-0.39, 0.29) is 12.0 Å². The summed E-state index contributed by atoms with van der Waals surface area (Å²) in [6.07, 6.45) is 14.0. The van der Waals surface area contributed by atoms with Crippen LogP contribution in [0.4, 0.5) is 11.5 Å². The maximum Gasteiger partial charge on any atom is 0.255 e. The van der Waals surface area contributed by atoms with Gasteiger partial charge in [0.25, 0.3) is 5.91 Å². The fraction of sp³-hybridized carbons (Fsp3) is 0.414. The number of hydrogen-bond acceptors (Lipinski definition) is 6. The van der Waals surface area contributed by atoms with Crippen LogP contribution in [0, 0.1) is 12.3 Å². The summed E-state index contributed by atoms with van der Waals surface area (Å²) in [5.74, 6) is 4.15. The Kier molecular flexibility index (Phi) is 7.33. The molecule has 3 heterocycles. The Balaban J connectivity index is 1.41. The van der Waals surface area contributed by atoms with Gasteiger partial charge in [-0.15, -0.1) is 6.42 Å². The van der Waals surface area contributed by atoms with E-state index in [1.807, 2.05) is 41.3 Å². The molecule has 186 valence electrons. The number of rotatable bonds is 5. The van der Waals surface area contributed by atoms with Crippen molar-refractivity contribution < 1.29 is 9.53 Å². The number of carbonyl (C=O) groups is 1. The molecule has 7 heteroatoms. The molecule has 0 aliphatic carbocycles. The number of piperidine rings is 1. The number of amides is 1. The van der Waals surface area contributed by atoms with E-state index in [0.29, 0.717) is 16.9 Å². The third kappa shape index (κ3) is 5.29. The summed E-state index contributed by atoms with van der Waals surface area (Å²) in [6, 6.07) is 11.5. The van der Waals surface area contributed by atoms with Crippen LogP contribution in [0.3, 0.4) is 0 Å². The summed E-state index contributed by atoms with van der Waals surface area (Å²) in [5.41, 5.74) is 2.73. The summed E-state index contributed by atoms with van der Waals surface area (Å²) >= 11 is 0. The lowest BCUT2D eigenvalue weighted by Gasteiger charge is -2.29. The largest absolute Gasteiger partial charge is 0.489 e. The number of terminal acetylenes is 1. The maximum atomic E-state index is 13.2. The van der Waals surface area contributed by atoms with Gasteiger partial charge in [-0.2, -0.15) is 0 Å². The Morgan fingerprint density at radius 3 is 2.58 bits per heavy atom. The Morgan fingerprint density at radius 2 is 1.83 bits per heavy atom. The summed E-state index contributed by atoms with van der Waals surface area (Å²) in [7, 11) is 2.14. The van der Waals surface area contributed by atoms with Crippen molar-refractivity contribution in [2.24, 2.45) is 0 Å². The fourth-order valence-corrected chi connectivity index (χ4v) is 5.06. The summed E-state index contributed by atoms with van der Waals surface area (Å²) < 4.78 is 6.44. The van der Waals surface area contributed by atoms with E-state index in [9.17, 15) is 4.79 Å². The van der Waals surface area contributed by atoms with Crippen LogP contribution >= 0.6 is 0 Å². The van der Waals surface area contributed by atoms with Crippen molar-refractivity contribution in [3.63, 3.8) is 0 Å². The number of benzene rings is 2. The van der Waals surface area contributed by atoms with E-state index >= 15 is 0 Å². The molecule has 2 fully saturated rings. The molecule has 1 amide bonds. The van der Waals surface area contributed by atoms with Crippen LogP contribution in [0.25, 0.3) is 10.9 Å². The molecule has 0 saturated carbocycles. The van der Waals surface area contributed by atoms with Crippen LogP contribution in [0.5, 0.6) is 5.75 Å². The molecule has 3 aromatic rings. The molecule has 2 aromatic carbocycles. The first-order valence-electron chi connectivity index (χ1n) is 12.9. The van der Waals surface area contributed by atoms with Crippen molar-refractivity contribution in [3.05, 3.63) is 53.9 Å². The second kappa shape index (κ2) is 11.0. The topological polar surface area (TPSA) is 70.6 Å². The van der Waals surface area contributed by atoms with Gasteiger partial charge in [0.05, 0.1) is 16.5 Å². The molecule has 1 N–H and O–H groups in total. The zero-order valence-electron chi connectivity index (χ0n) is 20.9. The monoisotopic (exact) mass is 483 g/mol. The molecule has 0 atom stereocenters. The first kappa shape index (κ1) is 24.1. The van der Waals surface area contributed by atoms with Crippen molar-refractivity contribution in [1.29, 1.82) is 0 Å². The van der Waals surface area contributed by atoms with E-state index in [1.165, 1.54) is 12.8 Å². The van der Waals surface area contributed by atoms with Gasteiger partial charge in [0.1, 0.15) is 24.0 Å². The molecule has 2 saturated heterocycles. The van der Waals surface area contributed by atoms with Crippen molar-refractivity contribution >= 4 is 28.3 Å². The van der Waals surface area contributed by atoms with Gasteiger partial charge in [0, 0.05) is 37.4 Å². The molecule has 2 aliphatic heterocycles. The van der Waals surface area contributed by atoms with Crippen LogP contribution < -0.4 is 10.1 Å². The third-order valence-electron chi connectivity index (χ3n) is 7.15. The highest BCUT2D eigenvalue weighted by molar-refractivity contribution is 5.98. The fourth-order valence-electron chi connectivity index (χ4n) is 5.06. The summed E-state index contributed by atoms with van der Waals surface area (Å²) in [6.45, 7) is 3.62. The number of nitrogens with zero attached hydrogens (tertiary/aromatic N) is 4. The molecule has 5 rings (SSSR count). The lowest BCUT2D eigenvalue weighted by molar-refractivity contribution is 0.0761. The number of anilines is 2. The molecule has 0 radical (unpaired) electrons. The molecule has 0 unspecified atom stereocenters. The minimum atomic E-state index is 0.0118. The van der Waals surface area contributed by atoms with E-state index < -0.39 is 0 Å². The van der Waals surface area contributed by atoms with E-state index in [4.69, 9.17) is 11.2 Å². The van der Waals surface area contributed by atoms with Crippen LogP contribution in [-0.4, -0.2) is 65.0 Å². The highest BCUT2D eigenvalue weighted by atomic mass is 16.5. The van der Waals surface area contributed by atoms with Gasteiger partial charge in [-0.05, 0) is 63.1 Å². The van der Waals surface area contributed by atoms with Crippen LogP contribution in [0.1, 0.15) is 54.4 Å². The van der Waals surface area contributed by atoms with Gasteiger partial charge in [0.15, 0.2) is 0 Å². The van der Waals surface area contributed by atoms with Crippen LogP contribution in [0.2, 0.25) is 0 Å². The minimum absolute atomic E-state index is 0.0118. The second-order valence-electron chi connectivity index (χ2n) is 9.73. The standard InChI is InChI=1S/C29H33N5O2/c1-3-21-19-22(11-12-24(21)29(35)34-15-6-4-5-7-16-34)32-28-27-25(30-20-31-28)9-8-10-26(27)36-23-13-17-33(2)18-14-23/h1,8-12,19-20,23H,4-7,13-18H2,2H3,(H,30,31,32). The van der Waals surface area contributed by atoms with Gasteiger partial charge >= 0.3 is 0 Å². The number of hydrogen-bond donors (Lipinski definition) is 1. The first-order valence-corrected chi connectivity index (χ1v) is 12.9. The first-order chi connectivity index (χ1) is 17.6. The molecule has 0 spiro atoms. The number of nitrogens with one attached hydrogen (secondary N) is 1. The van der Waals surface area contributed by atoms with E-state index in [1.54, 1.807) is 6.33 Å². The predicted octanol–water partition coefficient (Wildman–Crippen LogP) is 4.84. The van der Waals surface area contributed by atoms with Gasteiger partial charge in [-0.3, -0.25) is 4.79 Å². The van der Waals surface area contributed by atoms with Gasteiger partial charge in [-0.1, -0.05) is 24.8 Å². The molecule has 0 bridgehead atoms. The quantitative estimate of drug-likeness (QED) is 0.524. The average molecular weight is 484 g/mol. The maximum absolute atomic E-state index is 13.2. The molecular formula is C29H33N5O2. The average Bonchev–Trinajstić information content (AvgIpc) is 3.19. The van der Waals surface area contributed by atoms with Crippen LogP contribution in [-0.2, 0) is 0 Å². The number of carbonyl (C=O) groups excluding carboxylic acids is 1. The Labute approximate surface area is 212 Å². The van der Waals surface area contributed by atoms with E-state index in [0.717, 1.165) is 74.2 Å². The molecule has 7 nitrogen and oxygen atoms in total. The Bertz CT molecular complexity index is 1260. The van der Waals surface area contributed by atoms with Crippen molar-refractivity contribution in [1.82, 2.24) is 19.8 Å². The highest BCUT2D eigenvalue weighted by Crippen LogP contribution is 2.33. The number of ether oxygens (including phenoxy) is 1. The molecule has 36 heavy (non-hydrogen) atoms. The number of fused-ring (bicyclic) bond motifs is 1. The second-order valence-corrected chi connectivity index (χ2v) is 9.73. The minimum Gasteiger partial charge on any atom is -0.489 e. The predicted molar refractivity (Wildman–Crippen MR) is 143 cm³/mol. The van der Waals surface area contributed by atoms with Gasteiger partial charge in [-0.25, -0.2) is 9.97 Å². The number of aromatic nitrogens is 2. The zero-order valence-corrected chi connectivity index (χ0v) is 20.9. The van der Waals surface area contributed by atoms with Gasteiger partial charge < -0.3 is 19.9 Å². The Hall–Kier alpha value is -3.63.